The van der Waals surface area contributed by atoms with Crippen molar-refractivity contribution >= 4 is 29.7 Å². The van der Waals surface area contributed by atoms with Gasteiger partial charge in [-0.3, -0.25) is 9.59 Å². The van der Waals surface area contributed by atoms with Crippen LogP contribution in [-0.4, -0.2) is 36.7 Å². The van der Waals surface area contributed by atoms with Gasteiger partial charge in [0.25, 0.3) is 0 Å². The quantitative estimate of drug-likeness (QED) is 0.278. The first kappa shape index (κ1) is 23.6. The molecule has 0 aliphatic rings. The van der Waals surface area contributed by atoms with Crippen LogP contribution in [0.5, 0.6) is 5.75 Å². The largest absolute Gasteiger partial charge is 0.479 e. The lowest BCUT2D eigenvalue weighted by Crippen LogP contribution is -2.26. The average Bonchev–Trinajstić information content (AvgIpc) is 2.72. The Morgan fingerprint density at radius 2 is 1.74 bits per heavy atom. The van der Waals surface area contributed by atoms with Crippen molar-refractivity contribution < 1.29 is 23.9 Å². The number of benzene rings is 2. The van der Waals surface area contributed by atoms with Crippen molar-refractivity contribution in [3.05, 3.63) is 59.2 Å². The number of nitrogens with zero attached hydrogens (tertiary/aromatic N) is 1. The predicted octanol–water partition coefficient (Wildman–Crippen LogP) is 3.11. The highest BCUT2D eigenvalue weighted by molar-refractivity contribution is 6.03. The van der Waals surface area contributed by atoms with E-state index in [1.165, 1.54) is 6.21 Å². The van der Waals surface area contributed by atoms with Gasteiger partial charge in [0, 0.05) is 5.69 Å². The molecule has 0 saturated heterocycles. The van der Waals surface area contributed by atoms with Gasteiger partial charge in [-0.05, 0) is 80.8 Å². The number of nitrogens with one attached hydrogen (secondary N) is 2. The molecule has 2 N–H and O–H groups in total. The van der Waals surface area contributed by atoms with E-state index in [0.29, 0.717) is 23.6 Å². The van der Waals surface area contributed by atoms with Crippen molar-refractivity contribution in [2.24, 2.45) is 5.10 Å². The zero-order valence-corrected chi connectivity index (χ0v) is 18.1. The van der Waals surface area contributed by atoms with Gasteiger partial charge < -0.3 is 14.8 Å². The van der Waals surface area contributed by atoms with Crippen molar-refractivity contribution in [1.29, 1.82) is 0 Å². The number of carbonyl (C=O) groups excluding carboxylic acids is 3. The van der Waals surface area contributed by atoms with E-state index in [-0.39, 0.29) is 6.42 Å². The summed E-state index contributed by atoms with van der Waals surface area (Å²) in [7, 11) is 0. The second kappa shape index (κ2) is 11.5. The highest BCUT2D eigenvalue weighted by Gasteiger charge is 2.15. The number of rotatable bonds is 9. The van der Waals surface area contributed by atoms with E-state index in [4.69, 9.17) is 9.47 Å². The molecule has 0 heterocycles. The minimum Gasteiger partial charge on any atom is -0.479 e. The zero-order chi connectivity index (χ0) is 22.8. The number of anilines is 1. The maximum atomic E-state index is 12.0. The van der Waals surface area contributed by atoms with E-state index in [9.17, 15) is 14.4 Å². The molecular weight excluding hydrogens is 398 g/mol. The summed E-state index contributed by atoms with van der Waals surface area (Å²) in [6.45, 7) is 7.57. The number of hydrogen-bond acceptors (Lipinski definition) is 6. The fourth-order valence-corrected chi connectivity index (χ4v) is 2.53. The van der Waals surface area contributed by atoms with Crippen LogP contribution in [0, 0.1) is 13.8 Å². The first-order valence-electron chi connectivity index (χ1n) is 9.91. The van der Waals surface area contributed by atoms with Gasteiger partial charge in [-0.25, -0.2) is 10.2 Å². The molecule has 2 amide bonds. The summed E-state index contributed by atoms with van der Waals surface area (Å²) in [6.07, 6.45) is 0.384. The summed E-state index contributed by atoms with van der Waals surface area (Å²) in [6, 6.07) is 12.3. The maximum Gasteiger partial charge on any atom is 0.347 e. The van der Waals surface area contributed by atoms with Gasteiger partial charge in [0.1, 0.15) is 12.2 Å². The Morgan fingerprint density at radius 3 is 2.39 bits per heavy atom. The van der Waals surface area contributed by atoms with E-state index < -0.39 is 23.9 Å². The van der Waals surface area contributed by atoms with Crippen molar-refractivity contribution in [1.82, 2.24) is 5.43 Å². The summed E-state index contributed by atoms with van der Waals surface area (Å²) in [4.78, 5) is 35.5. The Balaban J connectivity index is 1.79. The fourth-order valence-electron chi connectivity index (χ4n) is 2.53. The zero-order valence-electron chi connectivity index (χ0n) is 18.1. The molecule has 2 aromatic carbocycles. The van der Waals surface area contributed by atoms with Crippen molar-refractivity contribution in [3.63, 3.8) is 0 Å². The molecule has 8 heteroatoms. The molecule has 0 fully saturated rings. The van der Waals surface area contributed by atoms with Crippen molar-refractivity contribution in [3.8, 4) is 5.75 Å². The summed E-state index contributed by atoms with van der Waals surface area (Å²) in [5.41, 5.74) is 5.85. The fraction of sp³-hybridized carbons (Fsp3) is 0.304. The number of esters is 1. The first-order chi connectivity index (χ1) is 14.8. The van der Waals surface area contributed by atoms with Crippen LogP contribution in [-0.2, 0) is 19.1 Å². The molecule has 1 unspecified atom stereocenters. The number of carbonyl (C=O) groups is 3. The van der Waals surface area contributed by atoms with Crippen molar-refractivity contribution in [2.45, 2.75) is 40.2 Å². The van der Waals surface area contributed by atoms with Gasteiger partial charge in [0.15, 0.2) is 6.10 Å². The topological polar surface area (TPSA) is 106 Å². The summed E-state index contributed by atoms with van der Waals surface area (Å²) in [5.74, 6) is -0.879. The number of amides is 2. The lowest BCUT2D eigenvalue weighted by atomic mass is 10.1. The first-order valence-corrected chi connectivity index (χ1v) is 9.91. The molecule has 0 radical (unpaired) electrons. The molecule has 0 aromatic heterocycles. The van der Waals surface area contributed by atoms with E-state index in [0.717, 1.165) is 11.1 Å². The van der Waals surface area contributed by atoms with Crippen LogP contribution < -0.4 is 15.5 Å². The second-order valence-electron chi connectivity index (χ2n) is 6.90. The van der Waals surface area contributed by atoms with Gasteiger partial charge in [0.2, 0.25) is 11.8 Å². The van der Waals surface area contributed by atoms with Crippen LogP contribution in [0.15, 0.2) is 47.6 Å². The van der Waals surface area contributed by atoms with Crippen molar-refractivity contribution in [2.75, 3.05) is 11.9 Å². The third kappa shape index (κ3) is 7.93. The molecule has 0 spiro atoms. The molecule has 31 heavy (non-hydrogen) atoms. The molecule has 0 aliphatic carbocycles. The van der Waals surface area contributed by atoms with Crippen LogP contribution in [0.3, 0.4) is 0 Å². The van der Waals surface area contributed by atoms with Crippen LogP contribution in [0.4, 0.5) is 5.69 Å². The number of hydrazone groups is 1. The Kier molecular flexibility index (Phi) is 8.75. The standard InChI is InChI=1S/C23H27N3O5/c1-5-30-23(29)17(4)31-20-10-7-18(8-11-20)14-24-26-22(28)13-21(27)25-19-9-6-15(2)16(3)12-19/h6-12,14,17H,5,13H2,1-4H3,(H,25,27)(H,26,28). The third-order valence-corrected chi connectivity index (χ3v) is 4.33. The Labute approximate surface area is 181 Å². The molecule has 1 atom stereocenters. The highest BCUT2D eigenvalue weighted by Crippen LogP contribution is 2.15. The van der Waals surface area contributed by atoms with Gasteiger partial charge in [-0.2, -0.15) is 5.10 Å². The van der Waals surface area contributed by atoms with Crippen LogP contribution in [0.25, 0.3) is 0 Å². The molecule has 164 valence electrons. The monoisotopic (exact) mass is 425 g/mol. The molecule has 0 bridgehead atoms. The minimum absolute atomic E-state index is 0.293. The normalized spacial score (nSPS) is 11.6. The van der Waals surface area contributed by atoms with Gasteiger partial charge in [-0.15, -0.1) is 0 Å². The predicted molar refractivity (Wildman–Crippen MR) is 118 cm³/mol. The Hall–Kier alpha value is -3.68. The molecule has 0 aliphatic heterocycles. The van der Waals surface area contributed by atoms with Gasteiger partial charge in [-0.1, -0.05) is 6.07 Å². The van der Waals surface area contributed by atoms with Gasteiger partial charge in [0.05, 0.1) is 12.8 Å². The molecular formula is C23H27N3O5. The van der Waals surface area contributed by atoms with E-state index in [2.05, 4.69) is 15.8 Å². The molecule has 2 rings (SSSR count). The lowest BCUT2D eigenvalue weighted by Gasteiger charge is -2.13. The number of hydrogen-bond donors (Lipinski definition) is 2. The van der Waals surface area contributed by atoms with Gasteiger partial charge >= 0.3 is 5.97 Å². The van der Waals surface area contributed by atoms with Crippen LogP contribution in [0.1, 0.15) is 37.0 Å². The third-order valence-electron chi connectivity index (χ3n) is 4.33. The Bertz CT molecular complexity index is 954. The van der Waals surface area contributed by atoms with E-state index in [1.807, 2.05) is 26.0 Å². The summed E-state index contributed by atoms with van der Waals surface area (Å²) in [5, 5.41) is 6.54. The van der Waals surface area contributed by atoms with Crippen LogP contribution in [0.2, 0.25) is 0 Å². The summed E-state index contributed by atoms with van der Waals surface area (Å²) >= 11 is 0. The number of aryl methyl sites for hydroxylation is 2. The second-order valence-corrected chi connectivity index (χ2v) is 6.90. The molecule has 2 aromatic rings. The minimum atomic E-state index is -0.714. The molecule has 8 nitrogen and oxygen atoms in total. The smallest absolute Gasteiger partial charge is 0.347 e. The SMILES string of the molecule is CCOC(=O)C(C)Oc1ccc(C=NNC(=O)CC(=O)Nc2ccc(C)c(C)c2)cc1. The van der Waals surface area contributed by atoms with Crippen LogP contribution >= 0.6 is 0 Å². The molecule has 0 saturated carbocycles. The van der Waals surface area contributed by atoms with E-state index in [1.54, 1.807) is 44.2 Å². The highest BCUT2D eigenvalue weighted by atomic mass is 16.6. The van der Waals surface area contributed by atoms with E-state index >= 15 is 0 Å². The Morgan fingerprint density at radius 1 is 1.03 bits per heavy atom. The summed E-state index contributed by atoms with van der Waals surface area (Å²) < 4.78 is 10.4. The number of ether oxygens (including phenoxy) is 2. The maximum absolute atomic E-state index is 12.0. The lowest BCUT2D eigenvalue weighted by molar-refractivity contribution is -0.150. The average molecular weight is 425 g/mol.